The summed E-state index contributed by atoms with van der Waals surface area (Å²) in [7, 11) is 5.82. The van der Waals surface area contributed by atoms with Crippen LogP contribution in [0.25, 0.3) is 10.9 Å². The van der Waals surface area contributed by atoms with Gasteiger partial charge in [-0.05, 0) is 87.2 Å². The van der Waals surface area contributed by atoms with Crippen LogP contribution in [0.15, 0.2) is 84.2 Å². The minimum Gasteiger partial charge on any atom is -0.342 e. The van der Waals surface area contributed by atoms with Crippen LogP contribution < -0.4 is 16.2 Å². The molecule has 0 radical (unpaired) electrons. The number of anilines is 2. The predicted octanol–water partition coefficient (Wildman–Crippen LogP) is 4.06. The third kappa shape index (κ3) is 9.09. The summed E-state index contributed by atoms with van der Waals surface area (Å²) in [6.07, 6.45) is 4.93. The van der Waals surface area contributed by atoms with Gasteiger partial charge in [-0.2, -0.15) is 0 Å². The maximum absolute atomic E-state index is 13.6. The molecule has 49 heavy (non-hydrogen) atoms. The number of nitrogens with one attached hydrogen (secondary N) is 2. The Kier molecular flexibility index (Phi) is 11.0. The zero-order valence-electron chi connectivity index (χ0n) is 27.2. The van der Waals surface area contributed by atoms with Crippen LogP contribution >= 0.6 is 0 Å². The molecule has 0 unspecified atom stereocenters. The second-order valence-electron chi connectivity index (χ2n) is 11.5. The standard InChI is InChI=1S/C36H34F2N8O3/c1-44(2)16-5-17-45(3)34(48)26-9-11-28(12-10-26)42-36-41-20-27-18-24(8-14-32(27)43-36)6-4-15-40-33(47)29-21-39-23-46(35(29)49)22-25-7-13-30(37)31(38)19-25/h7-14,18-21,23H,5,15-17,22H2,1-3H3,(H,40,47)(H,41,42,43). The van der Waals surface area contributed by atoms with Gasteiger partial charge in [0.05, 0.1) is 24.9 Å². The fourth-order valence-corrected chi connectivity index (χ4v) is 4.86. The first-order valence-electron chi connectivity index (χ1n) is 15.4. The van der Waals surface area contributed by atoms with Crippen LogP contribution in [0.5, 0.6) is 0 Å². The minimum absolute atomic E-state index is 0.0361. The molecule has 0 aliphatic heterocycles. The summed E-state index contributed by atoms with van der Waals surface area (Å²) >= 11 is 0. The van der Waals surface area contributed by atoms with Crippen molar-refractivity contribution < 1.29 is 18.4 Å². The van der Waals surface area contributed by atoms with Gasteiger partial charge in [0, 0.05) is 48.2 Å². The Morgan fingerprint density at radius 1 is 0.939 bits per heavy atom. The lowest BCUT2D eigenvalue weighted by atomic mass is 10.1. The van der Waals surface area contributed by atoms with E-state index in [0.29, 0.717) is 34.7 Å². The lowest BCUT2D eigenvalue weighted by molar-refractivity contribution is 0.0790. The quantitative estimate of drug-likeness (QED) is 0.203. The predicted molar refractivity (Wildman–Crippen MR) is 183 cm³/mol. The van der Waals surface area contributed by atoms with E-state index in [0.717, 1.165) is 46.9 Å². The van der Waals surface area contributed by atoms with Gasteiger partial charge in [-0.15, -0.1) is 0 Å². The Morgan fingerprint density at radius 3 is 2.49 bits per heavy atom. The maximum atomic E-state index is 13.6. The average Bonchev–Trinajstić information content (AvgIpc) is 3.09. The van der Waals surface area contributed by atoms with Crippen molar-refractivity contribution >= 4 is 34.4 Å². The van der Waals surface area contributed by atoms with E-state index in [1.165, 1.54) is 12.4 Å². The zero-order chi connectivity index (χ0) is 34.9. The Bertz CT molecular complexity index is 2110. The number of halogens is 2. The highest BCUT2D eigenvalue weighted by atomic mass is 19.2. The molecular formula is C36H34F2N8O3. The highest BCUT2D eigenvalue weighted by molar-refractivity contribution is 5.94. The van der Waals surface area contributed by atoms with E-state index in [-0.39, 0.29) is 24.6 Å². The first kappa shape index (κ1) is 34.3. The number of nitrogens with zero attached hydrogens (tertiary/aromatic N) is 6. The van der Waals surface area contributed by atoms with Gasteiger partial charge in [0.15, 0.2) is 11.6 Å². The van der Waals surface area contributed by atoms with Crippen LogP contribution in [-0.4, -0.2) is 81.9 Å². The molecule has 2 amide bonds. The van der Waals surface area contributed by atoms with Gasteiger partial charge in [0.1, 0.15) is 5.56 Å². The second-order valence-corrected chi connectivity index (χ2v) is 11.5. The third-order valence-corrected chi connectivity index (χ3v) is 7.47. The number of fused-ring (bicyclic) bond motifs is 1. The fraction of sp³-hybridized carbons (Fsp3) is 0.222. The molecule has 0 saturated heterocycles. The average molecular weight is 665 g/mol. The Labute approximate surface area is 281 Å². The van der Waals surface area contributed by atoms with Gasteiger partial charge in [-0.25, -0.2) is 23.7 Å². The topological polar surface area (TPSA) is 125 Å². The van der Waals surface area contributed by atoms with Crippen molar-refractivity contribution in [3.63, 3.8) is 0 Å². The number of aromatic nitrogens is 4. The van der Waals surface area contributed by atoms with Crippen molar-refractivity contribution in [2.45, 2.75) is 13.0 Å². The molecule has 3 aromatic carbocycles. The summed E-state index contributed by atoms with van der Waals surface area (Å²) in [6.45, 7) is 1.47. The molecule has 5 aromatic rings. The molecule has 0 saturated carbocycles. The van der Waals surface area contributed by atoms with Gasteiger partial charge in [-0.1, -0.05) is 17.9 Å². The first-order chi connectivity index (χ1) is 23.6. The van der Waals surface area contributed by atoms with E-state index in [4.69, 9.17) is 0 Å². The Hall–Kier alpha value is -6.00. The van der Waals surface area contributed by atoms with Crippen molar-refractivity contribution in [3.8, 4) is 11.8 Å². The number of benzene rings is 3. The van der Waals surface area contributed by atoms with E-state index in [2.05, 4.69) is 42.3 Å². The number of amides is 2. The Morgan fingerprint density at radius 2 is 1.73 bits per heavy atom. The molecule has 0 fully saturated rings. The molecule has 11 nitrogen and oxygen atoms in total. The number of carbonyl (C=O) groups excluding carboxylic acids is 2. The summed E-state index contributed by atoms with van der Waals surface area (Å²) in [4.78, 5) is 54.9. The van der Waals surface area contributed by atoms with Crippen molar-refractivity contribution in [3.05, 3.63) is 124 Å². The van der Waals surface area contributed by atoms with Crippen LogP contribution in [0.3, 0.4) is 0 Å². The van der Waals surface area contributed by atoms with E-state index < -0.39 is 23.1 Å². The summed E-state index contributed by atoms with van der Waals surface area (Å²) < 4.78 is 27.9. The number of hydrogen-bond donors (Lipinski definition) is 2. The van der Waals surface area contributed by atoms with Gasteiger partial charge in [0.25, 0.3) is 17.4 Å². The second kappa shape index (κ2) is 15.7. The van der Waals surface area contributed by atoms with E-state index in [1.54, 1.807) is 36.3 Å². The molecule has 0 spiro atoms. The molecule has 13 heteroatoms. The molecule has 0 atom stereocenters. The van der Waals surface area contributed by atoms with Gasteiger partial charge < -0.3 is 20.4 Å². The molecule has 0 aliphatic carbocycles. The van der Waals surface area contributed by atoms with Crippen molar-refractivity contribution in [1.29, 1.82) is 0 Å². The Balaban J connectivity index is 1.15. The summed E-state index contributed by atoms with van der Waals surface area (Å²) in [5, 5.41) is 6.51. The number of carbonyl (C=O) groups is 2. The van der Waals surface area contributed by atoms with E-state index >= 15 is 0 Å². The van der Waals surface area contributed by atoms with Crippen LogP contribution in [0, 0.1) is 23.5 Å². The smallest absolute Gasteiger partial charge is 0.266 e. The first-order valence-corrected chi connectivity index (χ1v) is 15.4. The normalized spacial score (nSPS) is 10.8. The van der Waals surface area contributed by atoms with E-state index in [1.807, 2.05) is 38.4 Å². The molecule has 5 rings (SSSR count). The van der Waals surface area contributed by atoms with Gasteiger partial charge in [0.2, 0.25) is 5.95 Å². The lowest BCUT2D eigenvalue weighted by Gasteiger charge is -2.18. The van der Waals surface area contributed by atoms with Crippen molar-refractivity contribution in [2.75, 3.05) is 46.1 Å². The molecule has 2 aromatic heterocycles. The molecule has 0 bridgehead atoms. The molecule has 2 N–H and O–H groups in total. The molecule has 0 aliphatic rings. The molecule has 2 heterocycles. The molecule has 250 valence electrons. The fourth-order valence-electron chi connectivity index (χ4n) is 4.86. The zero-order valence-corrected chi connectivity index (χ0v) is 27.2. The van der Waals surface area contributed by atoms with Crippen LogP contribution in [0.4, 0.5) is 20.4 Å². The summed E-state index contributed by atoms with van der Waals surface area (Å²) in [5.74, 6) is 3.50. The van der Waals surface area contributed by atoms with Gasteiger partial charge >= 0.3 is 0 Å². The minimum atomic E-state index is -1.03. The third-order valence-electron chi connectivity index (χ3n) is 7.47. The summed E-state index contributed by atoms with van der Waals surface area (Å²) in [5.41, 5.74) is 2.21. The number of hydrogen-bond acceptors (Lipinski definition) is 8. The lowest BCUT2D eigenvalue weighted by Crippen LogP contribution is -2.33. The van der Waals surface area contributed by atoms with Crippen LogP contribution in [0.1, 0.15) is 38.3 Å². The van der Waals surface area contributed by atoms with Crippen LogP contribution in [-0.2, 0) is 6.54 Å². The van der Waals surface area contributed by atoms with Crippen molar-refractivity contribution in [1.82, 2.24) is 34.6 Å². The highest BCUT2D eigenvalue weighted by Crippen LogP contribution is 2.19. The largest absolute Gasteiger partial charge is 0.342 e. The van der Waals surface area contributed by atoms with Crippen LogP contribution in [0.2, 0.25) is 0 Å². The highest BCUT2D eigenvalue weighted by Gasteiger charge is 2.14. The number of rotatable bonds is 11. The van der Waals surface area contributed by atoms with Gasteiger partial charge in [-0.3, -0.25) is 19.0 Å². The van der Waals surface area contributed by atoms with Crippen molar-refractivity contribution in [2.24, 2.45) is 0 Å². The van der Waals surface area contributed by atoms with E-state index in [9.17, 15) is 23.2 Å². The summed E-state index contributed by atoms with van der Waals surface area (Å²) in [6, 6.07) is 15.9. The maximum Gasteiger partial charge on any atom is 0.266 e. The monoisotopic (exact) mass is 664 g/mol. The SMILES string of the molecule is CN(C)CCCN(C)C(=O)c1ccc(Nc2ncc3cc(C#CCNC(=O)c4cncn(Cc5ccc(F)c(F)c5)c4=O)ccc3n2)cc1. The molecular weight excluding hydrogens is 630 g/mol.